The number of anilines is 4. The number of benzene rings is 2. The van der Waals surface area contributed by atoms with Crippen molar-refractivity contribution in [2.24, 2.45) is 0 Å². The summed E-state index contributed by atoms with van der Waals surface area (Å²) in [5.74, 6) is 1.35. The summed E-state index contributed by atoms with van der Waals surface area (Å²) in [6.45, 7) is 6.76. The SMILES string of the molecule is Cc1ccc(/C=C/S(=O)(=O)Nc2ccc(Nc3cc(C)nc(N4CCOCC4)n3)cc2)cc1. The second kappa shape index (κ2) is 10.0. The van der Waals surface area contributed by atoms with Crippen molar-refractivity contribution in [1.82, 2.24) is 9.97 Å². The molecule has 0 bridgehead atoms. The zero-order valence-corrected chi connectivity index (χ0v) is 19.5. The number of morpholine rings is 1. The molecule has 1 fully saturated rings. The molecule has 2 N–H and O–H groups in total. The van der Waals surface area contributed by atoms with Crippen LogP contribution in [0.5, 0.6) is 0 Å². The fraction of sp³-hybridized carbons (Fsp3) is 0.250. The Morgan fingerprint density at radius 2 is 1.61 bits per heavy atom. The fourth-order valence-corrected chi connectivity index (χ4v) is 4.20. The van der Waals surface area contributed by atoms with Gasteiger partial charge in [0.25, 0.3) is 10.0 Å². The molecule has 33 heavy (non-hydrogen) atoms. The van der Waals surface area contributed by atoms with Gasteiger partial charge in [0.15, 0.2) is 0 Å². The molecular weight excluding hydrogens is 438 g/mol. The number of aryl methyl sites for hydroxylation is 2. The van der Waals surface area contributed by atoms with Crippen LogP contribution in [0.4, 0.5) is 23.1 Å². The third kappa shape index (κ3) is 6.53. The molecule has 4 rings (SSSR count). The highest BCUT2D eigenvalue weighted by Gasteiger charge is 2.15. The lowest BCUT2D eigenvalue weighted by Crippen LogP contribution is -2.37. The molecule has 2 heterocycles. The number of rotatable bonds is 7. The Morgan fingerprint density at radius 3 is 2.30 bits per heavy atom. The van der Waals surface area contributed by atoms with Crippen molar-refractivity contribution >= 4 is 39.2 Å². The summed E-state index contributed by atoms with van der Waals surface area (Å²) in [4.78, 5) is 11.3. The van der Waals surface area contributed by atoms with Gasteiger partial charge in [0.1, 0.15) is 5.82 Å². The molecule has 0 atom stereocenters. The zero-order valence-electron chi connectivity index (χ0n) is 18.7. The Kier molecular flexibility index (Phi) is 6.90. The lowest BCUT2D eigenvalue weighted by Gasteiger charge is -2.27. The minimum atomic E-state index is -3.63. The lowest BCUT2D eigenvalue weighted by atomic mass is 10.2. The van der Waals surface area contributed by atoms with Crippen LogP contribution in [0.25, 0.3) is 6.08 Å². The van der Waals surface area contributed by atoms with Gasteiger partial charge in [0, 0.05) is 36.2 Å². The van der Waals surface area contributed by atoms with E-state index < -0.39 is 10.0 Å². The minimum Gasteiger partial charge on any atom is -0.378 e. The maximum absolute atomic E-state index is 12.4. The quantitative estimate of drug-likeness (QED) is 0.543. The molecule has 1 aliphatic heterocycles. The molecule has 0 spiro atoms. The van der Waals surface area contributed by atoms with Crippen LogP contribution in [0.15, 0.2) is 60.0 Å². The molecule has 0 amide bonds. The molecule has 3 aromatic rings. The second-order valence-corrected chi connectivity index (χ2v) is 9.42. The number of ether oxygens (including phenoxy) is 1. The van der Waals surface area contributed by atoms with Gasteiger partial charge in [-0.05, 0) is 49.8 Å². The first-order valence-corrected chi connectivity index (χ1v) is 12.2. The van der Waals surface area contributed by atoms with Crippen molar-refractivity contribution in [3.8, 4) is 0 Å². The van der Waals surface area contributed by atoms with E-state index in [0.29, 0.717) is 30.7 Å². The third-order valence-electron chi connectivity index (χ3n) is 5.07. The van der Waals surface area contributed by atoms with Gasteiger partial charge in [-0.2, -0.15) is 4.98 Å². The molecule has 0 radical (unpaired) electrons. The Balaban J connectivity index is 1.41. The number of nitrogens with zero attached hydrogens (tertiary/aromatic N) is 3. The predicted molar refractivity (Wildman–Crippen MR) is 132 cm³/mol. The zero-order chi connectivity index (χ0) is 23.3. The fourth-order valence-electron chi connectivity index (χ4n) is 3.34. The highest BCUT2D eigenvalue weighted by Crippen LogP contribution is 2.21. The van der Waals surface area contributed by atoms with Gasteiger partial charge < -0.3 is 15.0 Å². The Labute approximate surface area is 194 Å². The standard InChI is InChI=1S/C24H27N5O3S/c1-18-3-5-20(6-4-18)11-16-33(30,31)28-22-9-7-21(8-10-22)26-23-17-19(2)25-24(27-23)29-12-14-32-15-13-29/h3-11,16-17,28H,12-15H2,1-2H3,(H,25,26,27)/b16-11+. The van der Waals surface area contributed by atoms with Gasteiger partial charge in [-0.3, -0.25) is 4.72 Å². The van der Waals surface area contributed by atoms with Crippen molar-refractivity contribution in [2.75, 3.05) is 41.2 Å². The van der Waals surface area contributed by atoms with Crippen LogP contribution < -0.4 is 14.9 Å². The number of nitrogens with one attached hydrogen (secondary N) is 2. The topological polar surface area (TPSA) is 96.5 Å². The molecule has 1 saturated heterocycles. The van der Waals surface area contributed by atoms with Crippen molar-refractivity contribution in [1.29, 1.82) is 0 Å². The van der Waals surface area contributed by atoms with Crippen LogP contribution in [0.2, 0.25) is 0 Å². The number of hydrogen-bond donors (Lipinski definition) is 2. The molecule has 0 aliphatic carbocycles. The van der Waals surface area contributed by atoms with E-state index >= 15 is 0 Å². The summed E-state index contributed by atoms with van der Waals surface area (Å²) < 4.78 is 32.8. The van der Waals surface area contributed by atoms with E-state index in [1.54, 1.807) is 30.3 Å². The molecule has 2 aromatic carbocycles. The summed E-state index contributed by atoms with van der Waals surface area (Å²) in [5, 5.41) is 4.43. The van der Waals surface area contributed by atoms with Crippen LogP contribution >= 0.6 is 0 Å². The highest BCUT2D eigenvalue weighted by atomic mass is 32.2. The van der Waals surface area contributed by atoms with E-state index in [0.717, 1.165) is 35.6 Å². The minimum absolute atomic E-state index is 0.474. The van der Waals surface area contributed by atoms with Crippen LogP contribution in [0.3, 0.4) is 0 Å². The van der Waals surface area contributed by atoms with Gasteiger partial charge in [-0.1, -0.05) is 29.8 Å². The molecule has 8 nitrogen and oxygen atoms in total. The Hall–Kier alpha value is -3.43. The largest absolute Gasteiger partial charge is 0.378 e. The van der Waals surface area contributed by atoms with E-state index in [1.165, 1.54) is 5.41 Å². The van der Waals surface area contributed by atoms with Gasteiger partial charge in [0.05, 0.1) is 18.6 Å². The van der Waals surface area contributed by atoms with Crippen molar-refractivity contribution in [3.63, 3.8) is 0 Å². The van der Waals surface area contributed by atoms with Crippen molar-refractivity contribution in [3.05, 3.63) is 76.8 Å². The van der Waals surface area contributed by atoms with Crippen molar-refractivity contribution in [2.45, 2.75) is 13.8 Å². The monoisotopic (exact) mass is 465 g/mol. The van der Waals surface area contributed by atoms with Gasteiger partial charge in [-0.15, -0.1) is 0 Å². The summed E-state index contributed by atoms with van der Waals surface area (Å²) >= 11 is 0. The molecule has 0 saturated carbocycles. The highest BCUT2D eigenvalue weighted by molar-refractivity contribution is 7.95. The first-order chi connectivity index (χ1) is 15.9. The van der Waals surface area contributed by atoms with E-state index in [1.807, 2.05) is 44.2 Å². The summed E-state index contributed by atoms with van der Waals surface area (Å²) in [5.41, 5.74) is 4.07. The molecule has 9 heteroatoms. The smallest absolute Gasteiger partial charge is 0.255 e. The number of hydrogen-bond acceptors (Lipinski definition) is 7. The van der Waals surface area contributed by atoms with Crippen LogP contribution in [0, 0.1) is 13.8 Å². The second-order valence-electron chi connectivity index (χ2n) is 7.86. The number of aromatic nitrogens is 2. The van der Waals surface area contributed by atoms with Gasteiger partial charge in [0.2, 0.25) is 5.95 Å². The lowest BCUT2D eigenvalue weighted by molar-refractivity contribution is 0.122. The Morgan fingerprint density at radius 1 is 0.939 bits per heavy atom. The molecule has 172 valence electrons. The average molecular weight is 466 g/mol. The van der Waals surface area contributed by atoms with Crippen LogP contribution in [0.1, 0.15) is 16.8 Å². The van der Waals surface area contributed by atoms with Gasteiger partial charge >= 0.3 is 0 Å². The predicted octanol–water partition coefficient (Wildman–Crippen LogP) is 4.09. The van der Waals surface area contributed by atoms with E-state index in [-0.39, 0.29) is 0 Å². The number of sulfonamides is 1. The van der Waals surface area contributed by atoms with E-state index in [9.17, 15) is 8.42 Å². The molecule has 1 aromatic heterocycles. The normalized spacial score (nSPS) is 14.4. The summed E-state index contributed by atoms with van der Waals surface area (Å²) in [7, 11) is -3.63. The first kappa shape index (κ1) is 22.8. The third-order valence-corrected chi connectivity index (χ3v) is 6.09. The Bertz CT molecular complexity index is 1220. The van der Waals surface area contributed by atoms with Crippen LogP contribution in [-0.4, -0.2) is 44.7 Å². The summed E-state index contributed by atoms with van der Waals surface area (Å²) in [6, 6.07) is 16.5. The maximum Gasteiger partial charge on any atom is 0.255 e. The molecule has 1 aliphatic rings. The summed E-state index contributed by atoms with van der Waals surface area (Å²) in [6.07, 6.45) is 1.57. The molecule has 0 unspecified atom stereocenters. The molecular formula is C24H27N5O3S. The maximum atomic E-state index is 12.4. The van der Waals surface area contributed by atoms with E-state index in [2.05, 4.69) is 24.9 Å². The van der Waals surface area contributed by atoms with Crippen LogP contribution in [-0.2, 0) is 14.8 Å². The van der Waals surface area contributed by atoms with Crippen molar-refractivity contribution < 1.29 is 13.2 Å². The first-order valence-electron chi connectivity index (χ1n) is 10.7. The van der Waals surface area contributed by atoms with Gasteiger partial charge in [-0.25, -0.2) is 13.4 Å². The van der Waals surface area contributed by atoms with E-state index in [4.69, 9.17) is 4.74 Å². The average Bonchev–Trinajstić information content (AvgIpc) is 2.80.